The van der Waals surface area contributed by atoms with Gasteiger partial charge in [0.1, 0.15) is 11.2 Å². The molecule has 0 radical (unpaired) electrons. The van der Waals surface area contributed by atoms with Gasteiger partial charge < -0.3 is 15.2 Å². The molecule has 0 saturated heterocycles. The van der Waals surface area contributed by atoms with E-state index in [0.717, 1.165) is 17.7 Å². The average Bonchev–Trinajstić information content (AvgIpc) is 3.27. The normalized spacial score (nSPS) is 16.9. The molecule has 2 N–H and O–H groups in total. The van der Waals surface area contributed by atoms with Gasteiger partial charge in [0.25, 0.3) is 0 Å². The Bertz CT molecular complexity index is 520. The number of nitrogens with one attached hydrogen (secondary N) is 1. The number of benzene rings is 1. The molecule has 1 fully saturated rings. The summed E-state index contributed by atoms with van der Waals surface area (Å²) in [6, 6.07) is 7.81. The summed E-state index contributed by atoms with van der Waals surface area (Å²) < 4.78 is 5.11. The molecule has 1 aromatic carbocycles. The first kappa shape index (κ1) is 15.4. The van der Waals surface area contributed by atoms with Gasteiger partial charge in [0.2, 0.25) is 5.91 Å². The molecule has 1 aliphatic carbocycles. The zero-order chi connectivity index (χ0) is 15.5. The molecule has 2 rings (SSSR count). The monoisotopic (exact) mass is 291 g/mol. The standard InChI is InChI=1S/C16H21NO4/c1-11(9-12-3-5-13(21-2)6-4-12)10-17-14(18)16(7-8-16)15(19)20/h3-6,11H,7-10H2,1-2H3,(H,17,18)(H,19,20). The first-order chi connectivity index (χ1) is 9.98. The number of aliphatic carboxylic acids is 1. The molecule has 0 spiro atoms. The van der Waals surface area contributed by atoms with E-state index in [9.17, 15) is 9.59 Å². The Kier molecular flexibility index (Phi) is 4.50. The van der Waals surface area contributed by atoms with Crippen LogP contribution in [0.2, 0.25) is 0 Å². The number of carbonyl (C=O) groups is 2. The molecule has 5 heteroatoms. The number of methoxy groups -OCH3 is 1. The van der Waals surface area contributed by atoms with Gasteiger partial charge in [0.05, 0.1) is 7.11 Å². The number of carboxylic acid groups (broad SMARTS) is 1. The molecular formula is C16H21NO4. The lowest BCUT2D eigenvalue weighted by atomic mass is 10.00. The quantitative estimate of drug-likeness (QED) is 0.752. The molecule has 5 nitrogen and oxygen atoms in total. The van der Waals surface area contributed by atoms with E-state index in [4.69, 9.17) is 9.84 Å². The highest BCUT2D eigenvalue weighted by atomic mass is 16.5. The first-order valence-electron chi connectivity index (χ1n) is 7.12. The third kappa shape index (κ3) is 3.54. The van der Waals surface area contributed by atoms with Gasteiger partial charge in [0.15, 0.2) is 0 Å². The van der Waals surface area contributed by atoms with Gasteiger partial charge in [-0.3, -0.25) is 9.59 Å². The van der Waals surface area contributed by atoms with Crippen molar-refractivity contribution in [3.63, 3.8) is 0 Å². The molecule has 21 heavy (non-hydrogen) atoms. The number of hydrogen-bond acceptors (Lipinski definition) is 3. The zero-order valence-electron chi connectivity index (χ0n) is 12.4. The summed E-state index contributed by atoms with van der Waals surface area (Å²) >= 11 is 0. The van der Waals surface area contributed by atoms with Crippen LogP contribution in [-0.4, -0.2) is 30.6 Å². The second kappa shape index (κ2) is 6.16. The predicted molar refractivity (Wildman–Crippen MR) is 78.2 cm³/mol. The number of rotatable bonds is 7. The maximum absolute atomic E-state index is 11.9. The third-order valence-corrected chi connectivity index (χ3v) is 3.95. The van der Waals surface area contributed by atoms with Gasteiger partial charge in [-0.15, -0.1) is 0 Å². The summed E-state index contributed by atoms with van der Waals surface area (Å²) in [5.74, 6) is -0.303. The molecule has 1 aromatic rings. The fourth-order valence-electron chi connectivity index (χ4n) is 2.34. The van der Waals surface area contributed by atoms with Crippen LogP contribution in [0.15, 0.2) is 24.3 Å². The fourth-order valence-corrected chi connectivity index (χ4v) is 2.34. The Balaban J connectivity index is 1.80. The molecule has 1 aliphatic rings. The zero-order valence-corrected chi connectivity index (χ0v) is 12.4. The van der Waals surface area contributed by atoms with E-state index < -0.39 is 11.4 Å². The molecule has 0 bridgehead atoms. The molecule has 0 aliphatic heterocycles. The fraction of sp³-hybridized carbons (Fsp3) is 0.500. The lowest BCUT2D eigenvalue weighted by molar-refractivity contribution is -0.149. The summed E-state index contributed by atoms with van der Waals surface area (Å²) in [5.41, 5.74) is 0.0109. The van der Waals surface area contributed by atoms with Crippen molar-refractivity contribution in [1.82, 2.24) is 5.32 Å². The van der Waals surface area contributed by atoms with Gasteiger partial charge in [-0.1, -0.05) is 19.1 Å². The van der Waals surface area contributed by atoms with Crippen molar-refractivity contribution in [1.29, 1.82) is 0 Å². The Morgan fingerprint density at radius 3 is 2.43 bits per heavy atom. The maximum atomic E-state index is 11.9. The van der Waals surface area contributed by atoms with Gasteiger partial charge >= 0.3 is 5.97 Å². The topological polar surface area (TPSA) is 75.6 Å². The van der Waals surface area contributed by atoms with E-state index in [0.29, 0.717) is 19.4 Å². The summed E-state index contributed by atoms with van der Waals surface area (Å²) in [4.78, 5) is 22.9. The van der Waals surface area contributed by atoms with E-state index in [1.54, 1.807) is 7.11 Å². The molecule has 0 aromatic heterocycles. The Morgan fingerprint density at radius 1 is 1.33 bits per heavy atom. The molecule has 0 heterocycles. The molecule has 1 saturated carbocycles. The smallest absolute Gasteiger partial charge is 0.319 e. The van der Waals surface area contributed by atoms with Crippen molar-refractivity contribution in [2.75, 3.05) is 13.7 Å². The highest BCUT2D eigenvalue weighted by molar-refractivity contribution is 6.04. The third-order valence-electron chi connectivity index (χ3n) is 3.95. The second-order valence-corrected chi connectivity index (χ2v) is 5.75. The van der Waals surface area contributed by atoms with Crippen molar-refractivity contribution < 1.29 is 19.4 Å². The molecule has 1 amide bonds. The molecule has 114 valence electrons. The van der Waals surface area contributed by atoms with Gasteiger partial charge in [-0.2, -0.15) is 0 Å². The van der Waals surface area contributed by atoms with E-state index in [-0.39, 0.29) is 11.8 Å². The summed E-state index contributed by atoms with van der Waals surface area (Å²) in [5, 5.41) is 11.8. The Hall–Kier alpha value is -2.04. The summed E-state index contributed by atoms with van der Waals surface area (Å²) in [7, 11) is 1.63. The number of carboxylic acids is 1. The van der Waals surface area contributed by atoms with E-state index in [1.165, 1.54) is 0 Å². The summed E-state index contributed by atoms with van der Waals surface area (Å²) in [6.07, 6.45) is 1.71. The number of carbonyl (C=O) groups excluding carboxylic acids is 1. The first-order valence-corrected chi connectivity index (χ1v) is 7.12. The molecule has 1 unspecified atom stereocenters. The van der Waals surface area contributed by atoms with Gasteiger partial charge in [-0.05, 0) is 42.9 Å². The van der Waals surface area contributed by atoms with E-state index >= 15 is 0 Å². The van der Waals surface area contributed by atoms with Crippen LogP contribution >= 0.6 is 0 Å². The van der Waals surface area contributed by atoms with Crippen LogP contribution in [0.4, 0.5) is 0 Å². The van der Waals surface area contributed by atoms with Crippen molar-refractivity contribution in [3.8, 4) is 5.75 Å². The largest absolute Gasteiger partial charge is 0.497 e. The highest BCUT2D eigenvalue weighted by Crippen LogP contribution is 2.46. The van der Waals surface area contributed by atoms with Crippen molar-refractivity contribution >= 4 is 11.9 Å². The minimum absolute atomic E-state index is 0.243. The van der Waals surface area contributed by atoms with Gasteiger partial charge in [0, 0.05) is 6.54 Å². The highest BCUT2D eigenvalue weighted by Gasteiger charge is 2.56. The SMILES string of the molecule is COc1ccc(CC(C)CNC(=O)C2(C(=O)O)CC2)cc1. The van der Waals surface area contributed by atoms with Gasteiger partial charge in [-0.25, -0.2) is 0 Å². The van der Waals surface area contributed by atoms with Crippen LogP contribution < -0.4 is 10.1 Å². The lowest BCUT2D eigenvalue weighted by Crippen LogP contribution is -2.39. The van der Waals surface area contributed by atoms with Crippen LogP contribution in [0.5, 0.6) is 5.75 Å². The van der Waals surface area contributed by atoms with Crippen molar-refractivity contribution in [3.05, 3.63) is 29.8 Å². The average molecular weight is 291 g/mol. The predicted octanol–water partition coefficient (Wildman–Crippen LogP) is 1.85. The minimum Gasteiger partial charge on any atom is -0.497 e. The second-order valence-electron chi connectivity index (χ2n) is 5.75. The number of ether oxygens (including phenoxy) is 1. The number of hydrogen-bond donors (Lipinski definition) is 2. The minimum atomic E-state index is -1.15. The van der Waals surface area contributed by atoms with Crippen molar-refractivity contribution in [2.45, 2.75) is 26.2 Å². The van der Waals surface area contributed by atoms with Crippen LogP contribution in [0.25, 0.3) is 0 Å². The lowest BCUT2D eigenvalue weighted by Gasteiger charge is -2.15. The van der Waals surface area contributed by atoms with Crippen molar-refractivity contribution in [2.24, 2.45) is 11.3 Å². The van der Waals surface area contributed by atoms with E-state index in [1.807, 2.05) is 31.2 Å². The van der Waals surface area contributed by atoms with Crippen LogP contribution in [0.1, 0.15) is 25.3 Å². The Labute approximate surface area is 124 Å². The van der Waals surface area contributed by atoms with Crippen LogP contribution in [0, 0.1) is 11.3 Å². The summed E-state index contributed by atoms with van der Waals surface area (Å²) in [6.45, 7) is 2.52. The van der Waals surface area contributed by atoms with Crippen LogP contribution in [-0.2, 0) is 16.0 Å². The molecular weight excluding hydrogens is 270 g/mol. The Morgan fingerprint density at radius 2 is 1.95 bits per heavy atom. The maximum Gasteiger partial charge on any atom is 0.319 e. The van der Waals surface area contributed by atoms with E-state index in [2.05, 4.69) is 5.32 Å². The number of amides is 1. The van der Waals surface area contributed by atoms with Crippen LogP contribution in [0.3, 0.4) is 0 Å². The molecule has 1 atom stereocenters.